The van der Waals surface area contributed by atoms with E-state index in [9.17, 15) is 8.78 Å². The molecule has 0 atom stereocenters. The first kappa shape index (κ1) is 9.35. The van der Waals surface area contributed by atoms with Gasteiger partial charge in [0.15, 0.2) is 0 Å². The number of aromatic nitrogens is 1. The number of hydrogen-bond donors (Lipinski definition) is 1. The summed E-state index contributed by atoms with van der Waals surface area (Å²) in [5.74, 6) is 0. The molecule has 1 heterocycles. The molecule has 0 aliphatic carbocycles. The minimum Gasteiger partial charge on any atom is -0.392 e. The molecule has 0 bridgehead atoms. The lowest BCUT2D eigenvalue weighted by molar-refractivity contribution is 0.141. The van der Waals surface area contributed by atoms with E-state index in [-0.39, 0.29) is 10.7 Å². The van der Waals surface area contributed by atoms with E-state index in [1.807, 2.05) is 0 Å². The zero-order valence-electron chi connectivity index (χ0n) is 5.97. The minimum absolute atomic E-state index is 0.00231. The maximum Gasteiger partial charge on any atom is 0.280 e. The third kappa shape index (κ3) is 1.89. The van der Waals surface area contributed by atoms with Crippen LogP contribution in [0.4, 0.5) is 8.78 Å². The molecule has 0 fully saturated rings. The molecule has 5 heteroatoms. The molecule has 2 nitrogen and oxygen atoms in total. The topological polar surface area (TPSA) is 33.1 Å². The fourth-order valence-electron chi connectivity index (χ4n) is 0.802. The fourth-order valence-corrected chi connectivity index (χ4v) is 0.956. The second-order valence-electron chi connectivity index (χ2n) is 2.14. The lowest BCUT2D eigenvalue weighted by Crippen LogP contribution is -1.98. The molecule has 1 rings (SSSR count). The van der Waals surface area contributed by atoms with Gasteiger partial charge in [-0.05, 0) is 6.07 Å². The van der Waals surface area contributed by atoms with Crippen LogP contribution >= 0.6 is 11.6 Å². The van der Waals surface area contributed by atoms with Crippen molar-refractivity contribution in [3.05, 3.63) is 28.5 Å². The number of aliphatic hydroxyl groups is 1. The lowest BCUT2D eigenvalue weighted by atomic mass is 10.2. The largest absolute Gasteiger partial charge is 0.392 e. The monoisotopic (exact) mass is 193 g/mol. The molecule has 1 aromatic heterocycles. The highest BCUT2D eigenvalue weighted by Gasteiger charge is 2.14. The van der Waals surface area contributed by atoms with Gasteiger partial charge in [-0.25, -0.2) is 13.8 Å². The highest BCUT2D eigenvalue weighted by molar-refractivity contribution is 6.29. The summed E-state index contributed by atoms with van der Waals surface area (Å²) in [5.41, 5.74) is -0.348. The van der Waals surface area contributed by atoms with Crippen LogP contribution in [-0.2, 0) is 6.61 Å². The van der Waals surface area contributed by atoms with Crippen molar-refractivity contribution >= 4 is 11.6 Å². The molecule has 12 heavy (non-hydrogen) atoms. The van der Waals surface area contributed by atoms with Gasteiger partial charge in [0, 0.05) is 5.56 Å². The highest BCUT2D eigenvalue weighted by Crippen LogP contribution is 2.22. The van der Waals surface area contributed by atoms with E-state index in [0.29, 0.717) is 0 Å². The van der Waals surface area contributed by atoms with E-state index in [0.717, 1.165) is 0 Å². The summed E-state index contributed by atoms with van der Waals surface area (Å²) in [7, 11) is 0. The number of halogens is 3. The first-order valence-electron chi connectivity index (χ1n) is 3.19. The summed E-state index contributed by atoms with van der Waals surface area (Å²) in [6.45, 7) is -0.455. The van der Waals surface area contributed by atoms with Crippen LogP contribution in [-0.4, -0.2) is 10.1 Å². The van der Waals surface area contributed by atoms with Crippen LogP contribution in [0.5, 0.6) is 0 Å². The summed E-state index contributed by atoms with van der Waals surface area (Å²) < 4.78 is 24.3. The molecule has 0 aromatic carbocycles. The van der Waals surface area contributed by atoms with E-state index in [1.54, 1.807) is 0 Å². The van der Waals surface area contributed by atoms with Crippen LogP contribution in [0.25, 0.3) is 0 Å². The Morgan fingerprint density at radius 3 is 2.67 bits per heavy atom. The average Bonchev–Trinajstić information content (AvgIpc) is 2.04. The number of rotatable bonds is 2. The van der Waals surface area contributed by atoms with Gasteiger partial charge in [-0.3, -0.25) is 0 Å². The van der Waals surface area contributed by atoms with Crippen molar-refractivity contribution < 1.29 is 13.9 Å². The van der Waals surface area contributed by atoms with Gasteiger partial charge in [-0.1, -0.05) is 17.7 Å². The summed E-state index contributed by atoms with van der Waals surface area (Å²) >= 11 is 5.39. The summed E-state index contributed by atoms with van der Waals surface area (Å²) in [6, 6.07) is 2.69. The summed E-state index contributed by atoms with van der Waals surface area (Å²) in [4.78, 5) is 3.40. The van der Waals surface area contributed by atoms with Crippen molar-refractivity contribution in [3.63, 3.8) is 0 Å². The highest BCUT2D eigenvalue weighted by atomic mass is 35.5. The second kappa shape index (κ2) is 3.78. The molecule has 0 aliphatic heterocycles. The van der Waals surface area contributed by atoms with Gasteiger partial charge in [-0.15, -0.1) is 0 Å². The third-order valence-electron chi connectivity index (χ3n) is 1.36. The number of aliphatic hydroxyl groups excluding tert-OH is 1. The van der Waals surface area contributed by atoms with Gasteiger partial charge >= 0.3 is 0 Å². The Bertz CT molecular complexity index is 280. The quantitative estimate of drug-likeness (QED) is 0.731. The zero-order chi connectivity index (χ0) is 9.14. The first-order valence-corrected chi connectivity index (χ1v) is 3.57. The van der Waals surface area contributed by atoms with Crippen molar-refractivity contribution in [2.24, 2.45) is 0 Å². The van der Waals surface area contributed by atoms with Crippen molar-refractivity contribution in [3.8, 4) is 0 Å². The molecular weight excluding hydrogens is 188 g/mol. The molecule has 0 radical (unpaired) electrons. The van der Waals surface area contributed by atoms with Gasteiger partial charge in [0.1, 0.15) is 10.8 Å². The Hall–Kier alpha value is -0.740. The SMILES string of the molecule is OCc1ccc(Cl)nc1C(F)F. The number of alkyl halides is 2. The maximum absolute atomic E-state index is 12.2. The molecule has 0 amide bonds. The van der Waals surface area contributed by atoms with E-state index >= 15 is 0 Å². The van der Waals surface area contributed by atoms with Gasteiger partial charge in [-0.2, -0.15) is 0 Å². The summed E-state index contributed by atoms with van der Waals surface area (Å²) in [5, 5.41) is 8.64. The number of pyridine rings is 1. The molecule has 0 saturated carbocycles. The normalized spacial score (nSPS) is 10.8. The Kier molecular flexibility index (Phi) is 2.94. The standard InChI is InChI=1S/C7H6ClF2NO/c8-5-2-1-4(3-12)6(11-5)7(9)10/h1-2,7,12H,3H2. The molecule has 0 saturated heterocycles. The van der Waals surface area contributed by atoms with E-state index < -0.39 is 18.7 Å². The van der Waals surface area contributed by atoms with Crippen LogP contribution in [0.1, 0.15) is 17.7 Å². The number of nitrogens with zero attached hydrogens (tertiary/aromatic N) is 1. The van der Waals surface area contributed by atoms with Gasteiger partial charge in [0.05, 0.1) is 6.61 Å². The van der Waals surface area contributed by atoms with Crippen LogP contribution in [0.15, 0.2) is 12.1 Å². The molecule has 66 valence electrons. The molecular formula is C7H6ClF2NO. The second-order valence-corrected chi connectivity index (χ2v) is 2.52. The molecule has 0 aliphatic rings. The van der Waals surface area contributed by atoms with Gasteiger partial charge in [0.25, 0.3) is 6.43 Å². The molecule has 1 aromatic rings. The Morgan fingerprint density at radius 1 is 1.50 bits per heavy atom. The van der Waals surface area contributed by atoms with E-state index in [2.05, 4.69) is 4.98 Å². The molecule has 0 unspecified atom stereocenters. The fraction of sp³-hybridized carbons (Fsp3) is 0.286. The average molecular weight is 194 g/mol. The predicted molar refractivity (Wildman–Crippen MR) is 40.1 cm³/mol. The van der Waals surface area contributed by atoms with Crippen LogP contribution in [0, 0.1) is 0 Å². The van der Waals surface area contributed by atoms with Crippen LogP contribution < -0.4 is 0 Å². The Labute approximate surface area is 72.8 Å². The number of hydrogen-bond acceptors (Lipinski definition) is 2. The lowest BCUT2D eigenvalue weighted by Gasteiger charge is -2.04. The Balaban J connectivity index is 3.12. The van der Waals surface area contributed by atoms with Crippen LogP contribution in [0.2, 0.25) is 5.15 Å². The van der Waals surface area contributed by atoms with Crippen molar-refractivity contribution in [2.75, 3.05) is 0 Å². The maximum atomic E-state index is 12.2. The van der Waals surface area contributed by atoms with Gasteiger partial charge < -0.3 is 5.11 Å². The van der Waals surface area contributed by atoms with Crippen LogP contribution in [0.3, 0.4) is 0 Å². The Morgan fingerprint density at radius 2 is 2.17 bits per heavy atom. The summed E-state index contributed by atoms with van der Waals surface area (Å²) in [6.07, 6.45) is -2.70. The first-order chi connectivity index (χ1) is 5.65. The smallest absolute Gasteiger partial charge is 0.280 e. The predicted octanol–water partition coefficient (Wildman–Crippen LogP) is 2.16. The van der Waals surface area contributed by atoms with Crippen molar-refractivity contribution in [1.29, 1.82) is 0 Å². The minimum atomic E-state index is -2.70. The van der Waals surface area contributed by atoms with E-state index in [4.69, 9.17) is 16.7 Å². The van der Waals surface area contributed by atoms with E-state index in [1.165, 1.54) is 12.1 Å². The van der Waals surface area contributed by atoms with Gasteiger partial charge in [0.2, 0.25) is 0 Å². The van der Waals surface area contributed by atoms with Crippen molar-refractivity contribution in [1.82, 2.24) is 4.98 Å². The third-order valence-corrected chi connectivity index (χ3v) is 1.57. The molecule has 1 N–H and O–H groups in total. The molecule has 0 spiro atoms. The zero-order valence-corrected chi connectivity index (χ0v) is 6.72. The van der Waals surface area contributed by atoms with Crippen molar-refractivity contribution in [2.45, 2.75) is 13.0 Å².